The van der Waals surface area contributed by atoms with E-state index in [1.807, 2.05) is 12.3 Å². The Labute approximate surface area is 121 Å². The van der Waals surface area contributed by atoms with Crippen molar-refractivity contribution >= 4 is 5.82 Å². The molecule has 0 bridgehead atoms. The van der Waals surface area contributed by atoms with E-state index in [2.05, 4.69) is 34.3 Å². The molecule has 20 heavy (non-hydrogen) atoms. The van der Waals surface area contributed by atoms with Gasteiger partial charge in [-0.05, 0) is 24.1 Å². The summed E-state index contributed by atoms with van der Waals surface area (Å²) in [5, 5.41) is 12.0. The lowest BCUT2D eigenvalue weighted by molar-refractivity contribution is 0.145. The van der Waals surface area contributed by atoms with Gasteiger partial charge in [0.1, 0.15) is 5.82 Å². The number of rotatable bonds is 10. The summed E-state index contributed by atoms with van der Waals surface area (Å²) in [6, 6.07) is 6.28. The number of methoxy groups -OCH3 is 1. The Morgan fingerprint density at radius 3 is 3.00 bits per heavy atom. The van der Waals surface area contributed by atoms with E-state index >= 15 is 0 Å². The molecule has 0 aliphatic rings. The Balaban J connectivity index is 2.59. The normalized spacial score (nSPS) is 10.5. The zero-order valence-electron chi connectivity index (χ0n) is 12.4. The second-order valence-corrected chi connectivity index (χ2v) is 4.65. The molecule has 0 unspecified atom stereocenters. The SMILES string of the molecule is CCCNc1cc(CN(CCC#N)CCOC)ccn1. The monoisotopic (exact) mass is 276 g/mol. The molecule has 1 N–H and O–H groups in total. The van der Waals surface area contributed by atoms with Crippen molar-refractivity contribution in [3.63, 3.8) is 0 Å². The van der Waals surface area contributed by atoms with E-state index < -0.39 is 0 Å². The first kappa shape index (κ1) is 16.4. The van der Waals surface area contributed by atoms with E-state index in [1.165, 1.54) is 5.56 Å². The largest absolute Gasteiger partial charge is 0.383 e. The number of nitrogens with zero attached hydrogens (tertiary/aromatic N) is 3. The maximum atomic E-state index is 8.72. The van der Waals surface area contributed by atoms with Crippen LogP contribution in [0.25, 0.3) is 0 Å². The van der Waals surface area contributed by atoms with Crippen LogP contribution in [0.2, 0.25) is 0 Å². The maximum absolute atomic E-state index is 8.72. The predicted molar refractivity (Wildman–Crippen MR) is 80.4 cm³/mol. The van der Waals surface area contributed by atoms with E-state index in [0.717, 1.165) is 38.4 Å². The molecule has 0 aliphatic carbocycles. The van der Waals surface area contributed by atoms with Crippen molar-refractivity contribution in [1.29, 1.82) is 5.26 Å². The molecule has 0 fully saturated rings. The van der Waals surface area contributed by atoms with Gasteiger partial charge < -0.3 is 10.1 Å². The fourth-order valence-corrected chi connectivity index (χ4v) is 1.88. The Morgan fingerprint density at radius 2 is 2.30 bits per heavy atom. The quantitative estimate of drug-likeness (QED) is 0.710. The molecule has 0 amide bonds. The predicted octanol–water partition coefficient (Wildman–Crippen LogP) is 2.27. The van der Waals surface area contributed by atoms with Gasteiger partial charge >= 0.3 is 0 Å². The average molecular weight is 276 g/mol. The van der Waals surface area contributed by atoms with Crippen molar-refractivity contribution in [3.05, 3.63) is 23.9 Å². The van der Waals surface area contributed by atoms with Crippen LogP contribution in [0.3, 0.4) is 0 Å². The fourth-order valence-electron chi connectivity index (χ4n) is 1.88. The van der Waals surface area contributed by atoms with Gasteiger partial charge in [-0.1, -0.05) is 6.92 Å². The van der Waals surface area contributed by atoms with Gasteiger partial charge in [0, 0.05) is 45.9 Å². The van der Waals surface area contributed by atoms with Gasteiger partial charge in [-0.15, -0.1) is 0 Å². The first-order chi connectivity index (χ1) is 9.80. The first-order valence-electron chi connectivity index (χ1n) is 7.07. The Kier molecular flexibility index (Phi) is 8.36. The van der Waals surface area contributed by atoms with E-state index in [4.69, 9.17) is 10.00 Å². The van der Waals surface area contributed by atoms with Gasteiger partial charge in [-0.3, -0.25) is 4.90 Å². The van der Waals surface area contributed by atoms with Gasteiger partial charge in [0.05, 0.1) is 12.7 Å². The van der Waals surface area contributed by atoms with Crippen molar-refractivity contribution in [3.8, 4) is 6.07 Å². The molecule has 0 aliphatic heterocycles. The highest BCUT2D eigenvalue weighted by Crippen LogP contribution is 2.10. The molecule has 0 spiro atoms. The van der Waals surface area contributed by atoms with Crippen LogP contribution in [0.4, 0.5) is 5.82 Å². The summed E-state index contributed by atoms with van der Waals surface area (Å²) < 4.78 is 5.12. The molecule has 5 heteroatoms. The van der Waals surface area contributed by atoms with Crippen LogP contribution in [0.1, 0.15) is 25.3 Å². The molecule has 0 radical (unpaired) electrons. The summed E-state index contributed by atoms with van der Waals surface area (Å²) in [6.07, 6.45) is 3.44. The van der Waals surface area contributed by atoms with Crippen LogP contribution in [0.5, 0.6) is 0 Å². The zero-order chi connectivity index (χ0) is 14.6. The molecule has 0 atom stereocenters. The van der Waals surface area contributed by atoms with Crippen molar-refractivity contribution < 1.29 is 4.74 Å². The number of hydrogen-bond donors (Lipinski definition) is 1. The standard InChI is InChI=1S/C15H24N4O/c1-3-7-17-15-12-14(5-8-18-15)13-19(9-4-6-16)10-11-20-2/h5,8,12H,3-4,7,9-11,13H2,1-2H3,(H,17,18). The lowest BCUT2D eigenvalue weighted by atomic mass is 10.2. The molecule has 110 valence electrons. The highest BCUT2D eigenvalue weighted by Gasteiger charge is 2.06. The molecule has 0 saturated heterocycles. The number of nitrogens with one attached hydrogen (secondary N) is 1. The van der Waals surface area contributed by atoms with Gasteiger partial charge in [0.2, 0.25) is 0 Å². The van der Waals surface area contributed by atoms with Crippen LogP contribution < -0.4 is 5.32 Å². The number of ether oxygens (including phenoxy) is 1. The van der Waals surface area contributed by atoms with Gasteiger partial charge in [0.15, 0.2) is 0 Å². The summed E-state index contributed by atoms with van der Waals surface area (Å²) in [6.45, 7) is 6.15. The summed E-state index contributed by atoms with van der Waals surface area (Å²) in [7, 11) is 1.70. The third-order valence-corrected chi connectivity index (χ3v) is 2.94. The molecule has 1 aromatic rings. The van der Waals surface area contributed by atoms with Crippen LogP contribution in [0, 0.1) is 11.3 Å². The molecule has 1 aromatic heterocycles. The van der Waals surface area contributed by atoms with Crippen molar-refractivity contribution in [2.75, 3.05) is 38.7 Å². The van der Waals surface area contributed by atoms with Gasteiger partial charge in [-0.25, -0.2) is 4.98 Å². The fraction of sp³-hybridized carbons (Fsp3) is 0.600. The topological polar surface area (TPSA) is 61.2 Å². The van der Waals surface area contributed by atoms with Gasteiger partial charge in [0.25, 0.3) is 0 Å². The molecule has 1 heterocycles. The van der Waals surface area contributed by atoms with Crippen LogP contribution in [-0.4, -0.2) is 43.2 Å². The molecule has 0 saturated carbocycles. The van der Waals surface area contributed by atoms with Gasteiger partial charge in [-0.2, -0.15) is 5.26 Å². The lowest BCUT2D eigenvalue weighted by Gasteiger charge is -2.21. The number of aromatic nitrogens is 1. The number of anilines is 1. The summed E-state index contributed by atoms with van der Waals surface area (Å²) >= 11 is 0. The van der Waals surface area contributed by atoms with Crippen molar-refractivity contribution in [2.24, 2.45) is 0 Å². The van der Waals surface area contributed by atoms with Crippen LogP contribution >= 0.6 is 0 Å². The number of nitriles is 1. The first-order valence-corrected chi connectivity index (χ1v) is 7.07. The van der Waals surface area contributed by atoms with Crippen LogP contribution in [-0.2, 0) is 11.3 Å². The van der Waals surface area contributed by atoms with Crippen molar-refractivity contribution in [2.45, 2.75) is 26.3 Å². The highest BCUT2D eigenvalue weighted by molar-refractivity contribution is 5.37. The van der Waals surface area contributed by atoms with Crippen LogP contribution in [0.15, 0.2) is 18.3 Å². The Hall–Kier alpha value is -1.64. The molecule has 1 rings (SSSR count). The maximum Gasteiger partial charge on any atom is 0.126 e. The lowest BCUT2D eigenvalue weighted by Crippen LogP contribution is -2.28. The second-order valence-electron chi connectivity index (χ2n) is 4.65. The van der Waals surface area contributed by atoms with Crippen molar-refractivity contribution in [1.82, 2.24) is 9.88 Å². The highest BCUT2D eigenvalue weighted by atomic mass is 16.5. The van der Waals surface area contributed by atoms with E-state index in [-0.39, 0.29) is 0 Å². The molecule has 0 aromatic carbocycles. The average Bonchev–Trinajstić information content (AvgIpc) is 2.48. The second kappa shape index (κ2) is 10.2. The summed E-state index contributed by atoms with van der Waals surface area (Å²) in [4.78, 5) is 6.53. The number of hydrogen-bond acceptors (Lipinski definition) is 5. The molecule has 5 nitrogen and oxygen atoms in total. The smallest absolute Gasteiger partial charge is 0.126 e. The third-order valence-electron chi connectivity index (χ3n) is 2.94. The summed E-state index contributed by atoms with van der Waals surface area (Å²) in [5.41, 5.74) is 1.20. The zero-order valence-corrected chi connectivity index (χ0v) is 12.4. The summed E-state index contributed by atoms with van der Waals surface area (Å²) in [5.74, 6) is 0.913. The van der Waals surface area contributed by atoms with E-state index in [9.17, 15) is 0 Å². The number of pyridine rings is 1. The third kappa shape index (κ3) is 6.50. The minimum atomic E-state index is 0.537. The minimum absolute atomic E-state index is 0.537. The Bertz CT molecular complexity index is 417. The Morgan fingerprint density at radius 1 is 1.45 bits per heavy atom. The van der Waals surface area contributed by atoms with E-state index in [0.29, 0.717) is 13.0 Å². The molecular weight excluding hydrogens is 252 g/mol. The molecular formula is C15H24N4O. The minimum Gasteiger partial charge on any atom is -0.383 e. The van der Waals surface area contributed by atoms with E-state index in [1.54, 1.807) is 7.11 Å².